The summed E-state index contributed by atoms with van der Waals surface area (Å²) in [6, 6.07) is 8.22. The average Bonchev–Trinajstić information content (AvgIpc) is 2.85. The van der Waals surface area contributed by atoms with E-state index in [0.717, 1.165) is 12.4 Å². The van der Waals surface area contributed by atoms with Gasteiger partial charge < -0.3 is 5.11 Å². The SMILES string of the molecule is CCn1ncnc1CC(O)CSc1ccccc1C. The van der Waals surface area contributed by atoms with Gasteiger partial charge in [-0.05, 0) is 25.5 Å². The van der Waals surface area contributed by atoms with Crippen LogP contribution in [0.1, 0.15) is 18.3 Å². The van der Waals surface area contributed by atoms with E-state index < -0.39 is 6.10 Å². The minimum Gasteiger partial charge on any atom is -0.392 e. The quantitative estimate of drug-likeness (QED) is 0.823. The molecule has 0 aliphatic carbocycles. The first-order valence-corrected chi connectivity index (χ1v) is 7.42. The molecule has 19 heavy (non-hydrogen) atoms. The third-order valence-corrected chi connectivity index (χ3v) is 4.26. The van der Waals surface area contributed by atoms with Crippen LogP contribution < -0.4 is 0 Å². The summed E-state index contributed by atoms with van der Waals surface area (Å²) < 4.78 is 1.82. The summed E-state index contributed by atoms with van der Waals surface area (Å²) in [5.41, 5.74) is 1.25. The largest absolute Gasteiger partial charge is 0.392 e. The number of hydrogen-bond acceptors (Lipinski definition) is 4. The van der Waals surface area contributed by atoms with E-state index in [9.17, 15) is 5.11 Å². The molecule has 0 spiro atoms. The Kier molecular flexibility index (Phi) is 4.99. The average molecular weight is 277 g/mol. The highest BCUT2D eigenvalue weighted by atomic mass is 32.2. The molecule has 1 aromatic carbocycles. The fourth-order valence-corrected chi connectivity index (χ4v) is 2.84. The van der Waals surface area contributed by atoms with Crippen LogP contribution in [0.5, 0.6) is 0 Å². The molecule has 1 unspecified atom stereocenters. The zero-order valence-corrected chi connectivity index (χ0v) is 12.1. The van der Waals surface area contributed by atoms with Gasteiger partial charge >= 0.3 is 0 Å². The lowest BCUT2D eigenvalue weighted by molar-refractivity contribution is 0.195. The molecule has 0 amide bonds. The van der Waals surface area contributed by atoms with Crippen molar-refractivity contribution in [3.63, 3.8) is 0 Å². The van der Waals surface area contributed by atoms with Crippen LogP contribution >= 0.6 is 11.8 Å². The van der Waals surface area contributed by atoms with Gasteiger partial charge in [-0.2, -0.15) is 5.10 Å². The highest BCUT2D eigenvalue weighted by Gasteiger charge is 2.11. The van der Waals surface area contributed by atoms with Crippen molar-refractivity contribution in [1.82, 2.24) is 14.8 Å². The molecule has 0 saturated heterocycles. The highest BCUT2D eigenvalue weighted by Crippen LogP contribution is 2.23. The Hall–Kier alpha value is -1.33. The lowest BCUT2D eigenvalue weighted by Gasteiger charge is -2.11. The summed E-state index contributed by atoms with van der Waals surface area (Å²) in [7, 11) is 0. The van der Waals surface area contributed by atoms with Crippen molar-refractivity contribution >= 4 is 11.8 Å². The predicted octanol–water partition coefficient (Wildman–Crippen LogP) is 2.30. The number of nitrogens with zero attached hydrogens (tertiary/aromatic N) is 3. The van der Waals surface area contributed by atoms with Crippen LogP contribution in [0.3, 0.4) is 0 Å². The van der Waals surface area contributed by atoms with E-state index in [-0.39, 0.29) is 0 Å². The van der Waals surface area contributed by atoms with Gasteiger partial charge in [-0.25, -0.2) is 4.98 Å². The fourth-order valence-electron chi connectivity index (χ4n) is 1.88. The van der Waals surface area contributed by atoms with Gasteiger partial charge in [0.1, 0.15) is 12.2 Å². The van der Waals surface area contributed by atoms with Gasteiger partial charge in [-0.3, -0.25) is 4.68 Å². The van der Waals surface area contributed by atoms with E-state index in [4.69, 9.17) is 0 Å². The van der Waals surface area contributed by atoms with Crippen LogP contribution in [0.15, 0.2) is 35.5 Å². The molecule has 1 aromatic heterocycles. The molecule has 5 heteroatoms. The van der Waals surface area contributed by atoms with Crippen molar-refractivity contribution in [3.8, 4) is 0 Å². The van der Waals surface area contributed by atoms with Gasteiger partial charge in [0.25, 0.3) is 0 Å². The van der Waals surface area contributed by atoms with E-state index >= 15 is 0 Å². The number of aliphatic hydroxyl groups excluding tert-OH is 1. The Morgan fingerprint density at radius 2 is 2.16 bits per heavy atom. The van der Waals surface area contributed by atoms with Crippen molar-refractivity contribution in [2.45, 2.75) is 37.8 Å². The van der Waals surface area contributed by atoms with Crippen LogP contribution in [-0.4, -0.2) is 31.7 Å². The molecular formula is C14H19N3OS. The maximum atomic E-state index is 10.1. The molecule has 0 aliphatic rings. The normalized spacial score (nSPS) is 12.6. The number of hydrogen-bond donors (Lipinski definition) is 1. The van der Waals surface area contributed by atoms with E-state index in [1.807, 2.05) is 23.7 Å². The smallest absolute Gasteiger partial charge is 0.138 e. The number of aromatic nitrogens is 3. The van der Waals surface area contributed by atoms with Crippen molar-refractivity contribution in [1.29, 1.82) is 0 Å². The fraction of sp³-hybridized carbons (Fsp3) is 0.429. The highest BCUT2D eigenvalue weighted by molar-refractivity contribution is 7.99. The van der Waals surface area contributed by atoms with E-state index in [1.54, 1.807) is 18.1 Å². The van der Waals surface area contributed by atoms with E-state index in [1.165, 1.54) is 10.5 Å². The second kappa shape index (κ2) is 6.73. The first-order chi connectivity index (χ1) is 9.20. The van der Waals surface area contributed by atoms with Gasteiger partial charge in [0.05, 0.1) is 6.10 Å². The Bertz CT molecular complexity index is 527. The number of rotatable bonds is 6. The second-order valence-electron chi connectivity index (χ2n) is 4.43. The summed E-state index contributed by atoms with van der Waals surface area (Å²) in [6.07, 6.45) is 1.69. The third kappa shape index (κ3) is 3.81. The first kappa shape index (κ1) is 14.1. The lowest BCUT2D eigenvalue weighted by atomic mass is 10.2. The van der Waals surface area contributed by atoms with Crippen LogP contribution in [-0.2, 0) is 13.0 Å². The third-order valence-electron chi connectivity index (χ3n) is 2.94. The molecule has 1 heterocycles. The molecule has 0 radical (unpaired) electrons. The van der Waals surface area contributed by atoms with Gasteiger partial charge in [0.15, 0.2) is 0 Å². The predicted molar refractivity (Wildman–Crippen MR) is 77.3 cm³/mol. The van der Waals surface area contributed by atoms with Crippen LogP contribution in [0, 0.1) is 6.92 Å². The van der Waals surface area contributed by atoms with Crippen molar-refractivity contribution < 1.29 is 5.11 Å². The summed E-state index contributed by atoms with van der Waals surface area (Å²) >= 11 is 1.68. The molecule has 4 nitrogen and oxygen atoms in total. The van der Waals surface area contributed by atoms with E-state index in [2.05, 4.69) is 29.1 Å². The summed E-state index contributed by atoms with van der Waals surface area (Å²) in [4.78, 5) is 5.40. The molecule has 0 aliphatic heterocycles. The van der Waals surface area contributed by atoms with Crippen LogP contribution in [0.25, 0.3) is 0 Å². The van der Waals surface area contributed by atoms with Gasteiger partial charge in [0, 0.05) is 23.6 Å². The maximum absolute atomic E-state index is 10.1. The Morgan fingerprint density at radius 3 is 2.89 bits per heavy atom. The standard InChI is InChI=1S/C14H19N3OS/c1-3-17-14(15-10-16-17)8-12(18)9-19-13-7-5-4-6-11(13)2/h4-7,10,12,18H,3,8-9H2,1-2H3. The van der Waals surface area contributed by atoms with Crippen LogP contribution in [0.4, 0.5) is 0 Å². The zero-order valence-electron chi connectivity index (χ0n) is 11.3. The molecule has 0 saturated carbocycles. The number of thioether (sulfide) groups is 1. The molecule has 1 atom stereocenters. The Morgan fingerprint density at radius 1 is 1.37 bits per heavy atom. The molecule has 102 valence electrons. The molecule has 2 rings (SSSR count). The molecule has 0 bridgehead atoms. The monoisotopic (exact) mass is 277 g/mol. The Balaban J connectivity index is 1.88. The molecule has 1 N–H and O–H groups in total. The number of aliphatic hydroxyl groups is 1. The first-order valence-electron chi connectivity index (χ1n) is 6.44. The van der Waals surface area contributed by atoms with Crippen molar-refractivity contribution in [2.24, 2.45) is 0 Å². The summed E-state index contributed by atoms with van der Waals surface area (Å²) in [5.74, 6) is 1.52. The maximum Gasteiger partial charge on any atom is 0.138 e. The topological polar surface area (TPSA) is 50.9 Å². The number of benzene rings is 1. The van der Waals surface area contributed by atoms with Gasteiger partial charge in [-0.15, -0.1) is 11.8 Å². The van der Waals surface area contributed by atoms with E-state index in [0.29, 0.717) is 12.2 Å². The molecular weight excluding hydrogens is 258 g/mol. The van der Waals surface area contributed by atoms with Crippen molar-refractivity contribution in [3.05, 3.63) is 42.0 Å². The second-order valence-corrected chi connectivity index (χ2v) is 5.49. The van der Waals surface area contributed by atoms with Gasteiger partial charge in [0.2, 0.25) is 0 Å². The minimum atomic E-state index is -0.404. The van der Waals surface area contributed by atoms with Gasteiger partial charge in [-0.1, -0.05) is 18.2 Å². The zero-order chi connectivity index (χ0) is 13.7. The summed E-state index contributed by atoms with van der Waals surface area (Å²) in [6.45, 7) is 4.89. The molecule has 2 aromatic rings. The van der Waals surface area contributed by atoms with Crippen LogP contribution in [0.2, 0.25) is 0 Å². The Labute approximate surface area is 117 Å². The number of aryl methyl sites for hydroxylation is 2. The van der Waals surface area contributed by atoms with Crippen molar-refractivity contribution in [2.75, 3.05) is 5.75 Å². The minimum absolute atomic E-state index is 0.404. The molecule has 0 fully saturated rings. The summed E-state index contributed by atoms with van der Waals surface area (Å²) in [5, 5.41) is 14.2. The lowest BCUT2D eigenvalue weighted by Crippen LogP contribution is -2.17.